The van der Waals surface area contributed by atoms with Crippen LogP contribution in [-0.4, -0.2) is 21.0 Å². The Bertz CT molecular complexity index is 548. The summed E-state index contributed by atoms with van der Waals surface area (Å²) in [6.45, 7) is 0. The van der Waals surface area contributed by atoms with E-state index in [1.165, 1.54) is 11.8 Å². The predicted octanol–water partition coefficient (Wildman–Crippen LogP) is 3.09. The summed E-state index contributed by atoms with van der Waals surface area (Å²) in [7, 11) is 0. The molecule has 1 aromatic heterocycles. The maximum Gasteiger partial charge on any atom is 0.336 e. The number of aromatic carboxylic acids is 1. The zero-order valence-electron chi connectivity index (χ0n) is 8.50. The summed E-state index contributed by atoms with van der Waals surface area (Å²) in [5.41, 5.74) is 0.254. The highest BCUT2D eigenvalue weighted by Crippen LogP contribution is 2.30. The van der Waals surface area contributed by atoms with Crippen molar-refractivity contribution in [2.45, 2.75) is 9.92 Å². The molecule has 0 unspecified atom stereocenters. The topological polar surface area (TPSA) is 63.1 Å². The quantitative estimate of drug-likeness (QED) is 0.944. The Morgan fingerprint density at radius 2 is 2.18 bits per heavy atom. The molecule has 2 rings (SSSR count). The van der Waals surface area contributed by atoms with Gasteiger partial charge in [0, 0.05) is 21.8 Å². The Morgan fingerprint density at radius 1 is 1.35 bits per heavy atom. The molecule has 0 aliphatic carbocycles. The Balaban J connectivity index is 2.37. The summed E-state index contributed by atoms with van der Waals surface area (Å²) in [5.74, 6) is -0.955. The normalized spacial score (nSPS) is 10.2. The average Bonchev–Trinajstić information content (AvgIpc) is 2.30. The molecule has 0 spiro atoms. The van der Waals surface area contributed by atoms with Crippen LogP contribution in [0.4, 0.5) is 0 Å². The Hall–Kier alpha value is -1.40. The van der Waals surface area contributed by atoms with E-state index in [0.717, 1.165) is 4.47 Å². The lowest BCUT2D eigenvalue weighted by molar-refractivity contribution is 0.0693. The molecular weight excluding hydrogens is 304 g/mol. The summed E-state index contributed by atoms with van der Waals surface area (Å²) in [5, 5.41) is 9.73. The highest BCUT2D eigenvalue weighted by Gasteiger charge is 2.12. The maximum absolute atomic E-state index is 11.1. The number of rotatable bonds is 3. The van der Waals surface area contributed by atoms with Gasteiger partial charge in [-0.2, -0.15) is 0 Å². The van der Waals surface area contributed by atoms with Gasteiger partial charge in [0.15, 0.2) is 0 Å². The monoisotopic (exact) mass is 310 g/mol. The number of nitrogens with zero attached hydrogens (tertiary/aromatic N) is 2. The van der Waals surface area contributed by atoms with E-state index in [0.29, 0.717) is 9.92 Å². The molecule has 0 saturated carbocycles. The first kappa shape index (κ1) is 12.1. The molecule has 0 aliphatic rings. The number of halogens is 1. The van der Waals surface area contributed by atoms with Gasteiger partial charge in [0.1, 0.15) is 5.03 Å². The van der Waals surface area contributed by atoms with Crippen LogP contribution < -0.4 is 0 Å². The van der Waals surface area contributed by atoms with Gasteiger partial charge in [-0.05, 0) is 18.2 Å². The Kier molecular flexibility index (Phi) is 3.75. The second-order valence-electron chi connectivity index (χ2n) is 3.09. The van der Waals surface area contributed by atoms with E-state index in [-0.39, 0.29) is 5.56 Å². The minimum absolute atomic E-state index is 0.254. The van der Waals surface area contributed by atoms with Crippen LogP contribution >= 0.6 is 27.7 Å². The summed E-state index contributed by atoms with van der Waals surface area (Å²) in [6, 6.07) is 5.01. The first-order chi connectivity index (χ1) is 8.16. The summed E-state index contributed by atoms with van der Waals surface area (Å²) in [4.78, 5) is 19.7. The van der Waals surface area contributed by atoms with Crippen molar-refractivity contribution in [3.63, 3.8) is 0 Å². The van der Waals surface area contributed by atoms with Crippen LogP contribution in [0.5, 0.6) is 0 Å². The first-order valence-electron chi connectivity index (χ1n) is 4.63. The molecule has 17 heavy (non-hydrogen) atoms. The zero-order chi connectivity index (χ0) is 12.3. The van der Waals surface area contributed by atoms with Crippen molar-refractivity contribution in [1.29, 1.82) is 0 Å². The maximum atomic E-state index is 11.1. The van der Waals surface area contributed by atoms with Crippen LogP contribution in [0.25, 0.3) is 0 Å². The fraction of sp³-hybridized carbons (Fsp3) is 0. The van der Waals surface area contributed by atoms with Crippen molar-refractivity contribution in [1.82, 2.24) is 9.97 Å². The number of carboxylic acids is 1. The molecule has 86 valence electrons. The highest BCUT2D eigenvalue weighted by molar-refractivity contribution is 9.10. The van der Waals surface area contributed by atoms with Crippen LogP contribution in [0.3, 0.4) is 0 Å². The van der Waals surface area contributed by atoms with E-state index in [2.05, 4.69) is 25.9 Å². The van der Waals surface area contributed by atoms with Crippen molar-refractivity contribution in [3.8, 4) is 0 Å². The molecular formula is C11H7BrN2O2S. The largest absolute Gasteiger partial charge is 0.478 e. The molecule has 0 saturated heterocycles. The number of hydrogen-bond donors (Lipinski definition) is 1. The van der Waals surface area contributed by atoms with Crippen molar-refractivity contribution in [3.05, 3.63) is 46.8 Å². The second kappa shape index (κ2) is 5.29. The van der Waals surface area contributed by atoms with E-state index in [4.69, 9.17) is 5.11 Å². The van der Waals surface area contributed by atoms with Gasteiger partial charge in [0.05, 0.1) is 11.8 Å². The summed E-state index contributed by atoms with van der Waals surface area (Å²) < 4.78 is 0.828. The highest BCUT2D eigenvalue weighted by atomic mass is 79.9. The van der Waals surface area contributed by atoms with E-state index < -0.39 is 5.97 Å². The molecule has 0 amide bonds. The molecule has 1 N–H and O–H groups in total. The molecule has 0 fully saturated rings. The van der Waals surface area contributed by atoms with E-state index in [1.54, 1.807) is 36.8 Å². The van der Waals surface area contributed by atoms with Gasteiger partial charge in [0.2, 0.25) is 0 Å². The van der Waals surface area contributed by atoms with Gasteiger partial charge >= 0.3 is 5.97 Å². The minimum Gasteiger partial charge on any atom is -0.478 e. The lowest BCUT2D eigenvalue weighted by Gasteiger charge is -2.05. The fourth-order valence-corrected chi connectivity index (χ4v) is 2.62. The molecule has 6 heteroatoms. The van der Waals surface area contributed by atoms with E-state index in [9.17, 15) is 4.79 Å². The van der Waals surface area contributed by atoms with Crippen LogP contribution in [0.2, 0.25) is 0 Å². The molecule has 1 aromatic carbocycles. The second-order valence-corrected chi connectivity index (χ2v) is 5.07. The first-order valence-corrected chi connectivity index (χ1v) is 6.24. The SMILES string of the molecule is O=C(O)c1ccc(Br)cc1Sc1cnccn1. The number of carboxylic acid groups (broad SMARTS) is 1. The van der Waals surface area contributed by atoms with Crippen molar-refractivity contribution in [2.75, 3.05) is 0 Å². The number of hydrogen-bond acceptors (Lipinski definition) is 4. The van der Waals surface area contributed by atoms with E-state index in [1.807, 2.05) is 0 Å². The predicted molar refractivity (Wildman–Crippen MR) is 67.3 cm³/mol. The Morgan fingerprint density at radius 3 is 2.82 bits per heavy atom. The minimum atomic E-state index is -0.955. The van der Waals surface area contributed by atoms with Gasteiger partial charge < -0.3 is 5.11 Å². The smallest absolute Gasteiger partial charge is 0.336 e. The molecule has 0 radical (unpaired) electrons. The molecule has 0 atom stereocenters. The molecule has 2 aromatic rings. The van der Waals surface area contributed by atoms with Gasteiger partial charge in [-0.15, -0.1) is 0 Å². The van der Waals surface area contributed by atoms with Crippen molar-refractivity contribution in [2.24, 2.45) is 0 Å². The van der Waals surface area contributed by atoms with Crippen molar-refractivity contribution >= 4 is 33.7 Å². The third-order valence-corrected chi connectivity index (χ3v) is 3.40. The Labute approximate surface area is 110 Å². The third-order valence-electron chi connectivity index (χ3n) is 1.93. The van der Waals surface area contributed by atoms with Gasteiger partial charge in [-0.25, -0.2) is 9.78 Å². The molecule has 4 nitrogen and oxygen atoms in total. The van der Waals surface area contributed by atoms with Crippen molar-refractivity contribution < 1.29 is 9.90 Å². The van der Waals surface area contributed by atoms with Gasteiger partial charge in [0.25, 0.3) is 0 Å². The van der Waals surface area contributed by atoms with Crippen LogP contribution in [0.1, 0.15) is 10.4 Å². The van der Waals surface area contributed by atoms with Crippen LogP contribution in [0, 0.1) is 0 Å². The van der Waals surface area contributed by atoms with Gasteiger partial charge in [-0.1, -0.05) is 27.7 Å². The zero-order valence-corrected chi connectivity index (χ0v) is 10.9. The summed E-state index contributed by atoms with van der Waals surface area (Å²) >= 11 is 4.59. The third kappa shape index (κ3) is 3.04. The molecule has 1 heterocycles. The van der Waals surface area contributed by atoms with Crippen LogP contribution in [0.15, 0.2) is 51.2 Å². The lowest BCUT2D eigenvalue weighted by atomic mass is 10.2. The van der Waals surface area contributed by atoms with Gasteiger partial charge in [-0.3, -0.25) is 4.98 Å². The van der Waals surface area contributed by atoms with Crippen LogP contribution in [-0.2, 0) is 0 Å². The number of carbonyl (C=O) groups is 1. The number of benzene rings is 1. The molecule has 0 bridgehead atoms. The number of aromatic nitrogens is 2. The average molecular weight is 311 g/mol. The lowest BCUT2D eigenvalue weighted by Crippen LogP contribution is -1.98. The fourth-order valence-electron chi connectivity index (χ4n) is 1.21. The van der Waals surface area contributed by atoms with E-state index >= 15 is 0 Å². The molecule has 0 aliphatic heterocycles. The summed E-state index contributed by atoms with van der Waals surface area (Å²) in [6.07, 6.45) is 4.74. The standard InChI is InChI=1S/C11H7BrN2O2S/c12-7-1-2-8(11(15)16)9(5-7)17-10-6-13-3-4-14-10/h1-6H,(H,15,16).